The maximum atomic E-state index is 14.9. The number of rotatable bonds is 13. The zero-order valence-corrected chi connectivity index (χ0v) is 24.6. The first-order valence-corrected chi connectivity index (χ1v) is 15.5. The van der Waals surface area contributed by atoms with E-state index in [0.717, 1.165) is 36.4 Å². The van der Waals surface area contributed by atoms with Crippen LogP contribution < -0.4 is 19.5 Å². The molecule has 1 unspecified atom stereocenters. The summed E-state index contributed by atoms with van der Waals surface area (Å²) in [5.41, 5.74) is -5.19. The van der Waals surface area contributed by atoms with Crippen LogP contribution in [0.1, 0.15) is 56.1 Å². The van der Waals surface area contributed by atoms with E-state index in [9.17, 15) is 53.1 Å². The van der Waals surface area contributed by atoms with Gasteiger partial charge in [0.25, 0.3) is 11.8 Å². The number of hydrogen-bond donors (Lipinski definition) is 2. The molecule has 4 rings (SSSR count). The van der Waals surface area contributed by atoms with Crippen molar-refractivity contribution in [3.63, 3.8) is 0 Å². The average Bonchev–Trinajstić information content (AvgIpc) is 3.80. The van der Waals surface area contributed by atoms with Crippen LogP contribution in [-0.2, 0) is 25.2 Å². The number of benzene rings is 2. The van der Waals surface area contributed by atoms with Gasteiger partial charge < -0.3 is 14.8 Å². The van der Waals surface area contributed by atoms with Crippen LogP contribution in [0.3, 0.4) is 0 Å². The average molecular weight is 685 g/mol. The van der Waals surface area contributed by atoms with Crippen LogP contribution in [0.5, 0.6) is 11.5 Å². The number of carbonyl (C=O) groups is 2. The van der Waals surface area contributed by atoms with Gasteiger partial charge in [0.15, 0.2) is 5.54 Å². The SMILES string of the molecule is O=C1NC(c2ccc(OCCCCCC(F)(F)F)cc2)(C(F)(F)F)CC(c2ccc(OC(F)F)cc2)=C1C(=O)NS(=O)(=O)C1CC1. The Labute approximate surface area is 258 Å². The fourth-order valence-electron chi connectivity index (χ4n) is 4.90. The summed E-state index contributed by atoms with van der Waals surface area (Å²) < 4.78 is 143. The number of nitrogens with one attached hydrogen (secondary N) is 2. The minimum absolute atomic E-state index is 0.00125. The van der Waals surface area contributed by atoms with Crippen molar-refractivity contribution in [2.75, 3.05) is 6.61 Å². The van der Waals surface area contributed by atoms with Gasteiger partial charge in [-0.2, -0.15) is 35.1 Å². The Bertz CT molecular complexity index is 1550. The first-order chi connectivity index (χ1) is 21.4. The predicted octanol–water partition coefficient (Wildman–Crippen LogP) is 6.13. The molecule has 0 aromatic heterocycles. The van der Waals surface area contributed by atoms with Crippen LogP contribution in [0.4, 0.5) is 35.1 Å². The van der Waals surface area contributed by atoms with E-state index in [0.29, 0.717) is 0 Å². The summed E-state index contributed by atoms with van der Waals surface area (Å²) >= 11 is 0. The molecule has 1 atom stereocenters. The van der Waals surface area contributed by atoms with Crippen molar-refractivity contribution in [2.24, 2.45) is 0 Å². The Morgan fingerprint density at radius 1 is 0.935 bits per heavy atom. The van der Waals surface area contributed by atoms with E-state index in [1.165, 1.54) is 12.1 Å². The number of hydrogen-bond acceptors (Lipinski definition) is 6. The molecular weight excluding hydrogens is 656 g/mol. The Hall–Kier alpha value is -3.89. The minimum Gasteiger partial charge on any atom is -0.494 e. The number of sulfonamides is 1. The molecule has 2 N–H and O–H groups in total. The lowest BCUT2D eigenvalue weighted by molar-refractivity contribution is -0.201. The molecule has 1 heterocycles. The summed E-state index contributed by atoms with van der Waals surface area (Å²) in [6.45, 7) is -3.21. The van der Waals surface area contributed by atoms with Crippen LogP contribution >= 0.6 is 0 Å². The maximum absolute atomic E-state index is 14.9. The highest BCUT2D eigenvalue weighted by Gasteiger charge is 2.60. The highest BCUT2D eigenvalue weighted by molar-refractivity contribution is 7.91. The van der Waals surface area contributed by atoms with Gasteiger partial charge in [-0.3, -0.25) is 9.59 Å². The molecule has 17 heteroatoms. The van der Waals surface area contributed by atoms with Crippen LogP contribution in [0.25, 0.3) is 5.57 Å². The van der Waals surface area contributed by atoms with E-state index in [2.05, 4.69) is 4.74 Å². The largest absolute Gasteiger partial charge is 0.494 e. The molecule has 2 amide bonds. The van der Waals surface area contributed by atoms with Crippen LogP contribution in [0, 0.1) is 0 Å². The molecule has 1 aliphatic heterocycles. The van der Waals surface area contributed by atoms with Gasteiger partial charge in [-0.1, -0.05) is 24.3 Å². The molecule has 252 valence electrons. The Balaban J connectivity index is 1.65. The second-order valence-electron chi connectivity index (χ2n) is 10.8. The van der Waals surface area contributed by atoms with Gasteiger partial charge in [-0.05, 0) is 73.1 Å². The van der Waals surface area contributed by atoms with Crippen LogP contribution in [0.2, 0.25) is 0 Å². The van der Waals surface area contributed by atoms with Gasteiger partial charge in [0.1, 0.15) is 17.1 Å². The Morgan fingerprint density at radius 3 is 2.09 bits per heavy atom. The summed E-state index contributed by atoms with van der Waals surface area (Å²) in [6, 6.07) is 8.48. The normalized spacial score (nSPS) is 19.2. The molecule has 0 spiro atoms. The summed E-state index contributed by atoms with van der Waals surface area (Å²) in [7, 11) is -4.22. The second kappa shape index (κ2) is 13.5. The van der Waals surface area contributed by atoms with Crippen LogP contribution in [0.15, 0.2) is 54.1 Å². The highest BCUT2D eigenvalue weighted by Crippen LogP contribution is 2.49. The Morgan fingerprint density at radius 2 is 1.54 bits per heavy atom. The predicted molar refractivity (Wildman–Crippen MR) is 147 cm³/mol. The van der Waals surface area contributed by atoms with Gasteiger partial charge in [0.2, 0.25) is 10.0 Å². The van der Waals surface area contributed by atoms with Crippen molar-refractivity contribution < 1.29 is 62.6 Å². The van der Waals surface area contributed by atoms with Gasteiger partial charge in [-0.25, -0.2) is 13.1 Å². The highest BCUT2D eigenvalue weighted by atomic mass is 32.2. The molecule has 1 saturated carbocycles. The molecule has 0 bridgehead atoms. The third-order valence-corrected chi connectivity index (χ3v) is 9.17. The number of unbranched alkanes of at least 4 members (excludes halogenated alkanes) is 2. The van der Waals surface area contributed by atoms with Crippen molar-refractivity contribution in [3.05, 3.63) is 65.2 Å². The molecule has 46 heavy (non-hydrogen) atoms. The molecule has 0 radical (unpaired) electrons. The monoisotopic (exact) mass is 684 g/mol. The van der Waals surface area contributed by atoms with Crippen molar-refractivity contribution in [2.45, 2.75) is 74.7 Å². The van der Waals surface area contributed by atoms with E-state index >= 15 is 0 Å². The zero-order chi connectivity index (χ0) is 33.9. The topological polar surface area (TPSA) is 111 Å². The summed E-state index contributed by atoms with van der Waals surface area (Å²) in [4.78, 5) is 26.5. The van der Waals surface area contributed by atoms with Crippen molar-refractivity contribution in [1.82, 2.24) is 10.0 Å². The van der Waals surface area contributed by atoms with E-state index in [1.54, 1.807) is 4.72 Å². The summed E-state index contributed by atoms with van der Waals surface area (Å²) in [6.07, 6.45) is -10.6. The molecule has 2 aromatic rings. The van der Waals surface area contributed by atoms with E-state index in [4.69, 9.17) is 4.74 Å². The van der Waals surface area contributed by atoms with E-state index in [-0.39, 0.29) is 55.8 Å². The lowest BCUT2D eigenvalue weighted by atomic mass is 9.76. The third-order valence-electron chi connectivity index (χ3n) is 7.36. The lowest BCUT2D eigenvalue weighted by Crippen LogP contribution is -2.60. The van der Waals surface area contributed by atoms with Gasteiger partial charge in [-0.15, -0.1) is 0 Å². The number of ether oxygens (including phenoxy) is 2. The van der Waals surface area contributed by atoms with Gasteiger partial charge in [0, 0.05) is 12.8 Å². The third kappa shape index (κ3) is 8.47. The number of carbonyl (C=O) groups excluding carboxylic acids is 2. The van der Waals surface area contributed by atoms with E-state index < -0.39 is 81.1 Å². The van der Waals surface area contributed by atoms with Crippen molar-refractivity contribution in [3.8, 4) is 11.5 Å². The van der Waals surface area contributed by atoms with Crippen molar-refractivity contribution >= 4 is 27.4 Å². The van der Waals surface area contributed by atoms with E-state index in [1.807, 2.05) is 5.32 Å². The van der Waals surface area contributed by atoms with Gasteiger partial charge >= 0.3 is 19.0 Å². The molecule has 1 fully saturated rings. The minimum atomic E-state index is -5.18. The molecular formula is C29H28F8N2O6S. The number of halogens is 8. The van der Waals surface area contributed by atoms with Gasteiger partial charge in [0.05, 0.1) is 11.9 Å². The standard InChI is InChI=1S/C29H28F8N2O6S/c30-26(31)45-20-8-4-17(5-9-20)22-16-27(29(35,36)37,38-24(40)23(22)25(41)39-46(42,43)21-12-13-21)18-6-10-19(11-7-18)44-15-3-1-2-14-28(32,33)34/h4-11,21,26H,1-3,12-16H2,(H,38,40)(H,39,41). The second-order valence-corrected chi connectivity index (χ2v) is 12.7. The molecule has 0 saturated heterocycles. The quantitative estimate of drug-likeness (QED) is 0.149. The fourth-order valence-corrected chi connectivity index (χ4v) is 6.18. The number of alkyl halides is 8. The molecule has 2 aromatic carbocycles. The molecule has 8 nitrogen and oxygen atoms in total. The first kappa shape index (κ1) is 35.0. The first-order valence-electron chi connectivity index (χ1n) is 14.0. The van der Waals surface area contributed by atoms with Crippen LogP contribution in [-0.4, -0.2) is 51.1 Å². The smallest absolute Gasteiger partial charge is 0.416 e. The zero-order valence-electron chi connectivity index (χ0n) is 23.8. The summed E-state index contributed by atoms with van der Waals surface area (Å²) in [5.74, 6) is -3.24. The maximum Gasteiger partial charge on any atom is 0.416 e. The molecule has 1 aliphatic carbocycles. The Kier molecular flexibility index (Phi) is 10.2. The summed E-state index contributed by atoms with van der Waals surface area (Å²) in [5, 5.41) is 0.953. The lowest BCUT2D eigenvalue weighted by Gasteiger charge is -2.41. The molecule has 2 aliphatic rings. The number of amides is 2. The fraction of sp³-hybridized carbons (Fsp3) is 0.448. The van der Waals surface area contributed by atoms with Crippen molar-refractivity contribution in [1.29, 1.82) is 0 Å².